The van der Waals surface area contributed by atoms with E-state index in [1.54, 1.807) is 29.9 Å². The minimum absolute atomic E-state index is 0.0232. The Morgan fingerprint density at radius 2 is 2.06 bits per heavy atom. The lowest BCUT2D eigenvalue weighted by Crippen LogP contribution is -2.53. The maximum absolute atomic E-state index is 13.2. The van der Waals surface area contributed by atoms with Crippen LogP contribution in [0.3, 0.4) is 0 Å². The van der Waals surface area contributed by atoms with Gasteiger partial charge >= 0.3 is 5.91 Å². The molecule has 4 saturated heterocycles. The second-order valence-electron chi connectivity index (χ2n) is 9.53. The van der Waals surface area contributed by atoms with Gasteiger partial charge < -0.3 is 19.4 Å². The molecule has 0 aliphatic carbocycles. The molecule has 1 aromatic heterocycles. The molecule has 4 aliphatic heterocycles. The van der Waals surface area contributed by atoms with E-state index >= 15 is 0 Å². The number of ether oxygens (including phenoxy) is 2. The van der Waals surface area contributed by atoms with E-state index in [1.165, 1.54) is 0 Å². The van der Waals surface area contributed by atoms with Crippen molar-refractivity contribution in [2.45, 2.75) is 68.8 Å². The molecule has 9 heteroatoms. The number of fused-ring (bicyclic) bond motifs is 2. The first-order chi connectivity index (χ1) is 14.8. The number of rotatable bonds is 3. The number of hydrogen-bond acceptors (Lipinski definition) is 5. The normalized spacial score (nSPS) is 39.5. The van der Waals surface area contributed by atoms with Crippen LogP contribution in [-0.4, -0.2) is 62.6 Å². The average molecular weight is 450 g/mol. The Hall–Kier alpha value is -1.71. The lowest BCUT2D eigenvalue weighted by atomic mass is 9.84. The summed E-state index contributed by atoms with van der Waals surface area (Å²) in [7, 11) is -0.812. The van der Waals surface area contributed by atoms with E-state index in [9.17, 15) is 13.8 Å². The smallest absolute Gasteiger partial charge is 0.301 e. The maximum Gasteiger partial charge on any atom is 0.301 e. The molecule has 5 heterocycles. The third-order valence-electron chi connectivity index (χ3n) is 7.45. The van der Waals surface area contributed by atoms with E-state index in [1.807, 2.05) is 0 Å². The number of aryl methyl sites for hydroxylation is 1. The zero-order chi connectivity index (χ0) is 21.6. The van der Waals surface area contributed by atoms with Gasteiger partial charge in [-0.05, 0) is 57.1 Å². The van der Waals surface area contributed by atoms with Crippen molar-refractivity contribution >= 4 is 21.5 Å². The predicted molar refractivity (Wildman–Crippen MR) is 115 cm³/mol. The summed E-state index contributed by atoms with van der Waals surface area (Å²) in [6.07, 6.45) is 7.73. The number of nitrogens with zero attached hydrogens (tertiary/aromatic N) is 2. The van der Waals surface area contributed by atoms with Crippen LogP contribution < -0.4 is 5.32 Å². The fraction of sp³-hybridized carbons (Fsp3) is 0.727. The molecule has 1 aromatic rings. The molecule has 31 heavy (non-hydrogen) atoms. The van der Waals surface area contributed by atoms with Gasteiger partial charge in [0.1, 0.15) is 5.69 Å². The SMILES string of the molecule is Cn1cccc1C(=O)N=S1(=O)CCC2(CC1)CC(NC(=O)C1CC3CCC1O3)CCO2. The van der Waals surface area contributed by atoms with Crippen LogP contribution in [0.25, 0.3) is 0 Å². The Labute approximate surface area is 183 Å². The molecule has 4 fully saturated rings. The quantitative estimate of drug-likeness (QED) is 0.761. The first-order valence-electron chi connectivity index (χ1n) is 11.3. The summed E-state index contributed by atoms with van der Waals surface area (Å²) in [6, 6.07) is 3.53. The molecule has 2 bridgehead atoms. The first-order valence-corrected chi connectivity index (χ1v) is 13.2. The highest BCUT2D eigenvalue weighted by molar-refractivity contribution is 7.93. The predicted octanol–water partition coefficient (Wildman–Crippen LogP) is 2.03. The number of carbonyl (C=O) groups excluding carboxylic acids is 2. The lowest BCUT2D eigenvalue weighted by molar-refractivity contribution is -0.131. The first kappa shape index (κ1) is 21.2. The lowest BCUT2D eigenvalue weighted by Gasteiger charge is -2.44. The molecule has 0 saturated carbocycles. The highest BCUT2D eigenvalue weighted by Gasteiger charge is 2.46. The van der Waals surface area contributed by atoms with Gasteiger partial charge in [-0.3, -0.25) is 9.59 Å². The molecule has 4 aliphatic rings. The molecule has 170 valence electrons. The van der Waals surface area contributed by atoms with Gasteiger partial charge in [0.15, 0.2) is 0 Å². The van der Waals surface area contributed by atoms with E-state index < -0.39 is 15.6 Å². The standard InChI is InChI=1S/C22H31N3O5S/c1-25-9-2-3-18(25)21(27)24-31(28)11-7-22(8-12-31)14-15(6-10-29-22)23-20(26)17-13-16-4-5-19(17)30-16/h2-3,9,15-17,19H,4-8,10-14H2,1H3,(H,23,26). The average Bonchev–Trinajstić information content (AvgIpc) is 3.48. The molecule has 4 atom stereocenters. The van der Waals surface area contributed by atoms with Crippen LogP contribution in [0.5, 0.6) is 0 Å². The molecule has 2 amide bonds. The van der Waals surface area contributed by atoms with Crippen molar-refractivity contribution in [3.05, 3.63) is 24.0 Å². The van der Waals surface area contributed by atoms with E-state index in [2.05, 4.69) is 9.68 Å². The van der Waals surface area contributed by atoms with E-state index in [4.69, 9.17) is 9.47 Å². The minimum atomic E-state index is -2.59. The van der Waals surface area contributed by atoms with Gasteiger partial charge in [0, 0.05) is 37.4 Å². The molecule has 1 N–H and O–H groups in total. The molecule has 4 unspecified atom stereocenters. The fourth-order valence-corrected chi connectivity index (χ4v) is 7.78. The van der Waals surface area contributed by atoms with Crippen molar-refractivity contribution < 1.29 is 23.3 Å². The monoisotopic (exact) mass is 449 g/mol. The van der Waals surface area contributed by atoms with Crippen molar-refractivity contribution in [3.8, 4) is 0 Å². The van der Waals surface area contributed by atoms with Crippen molar-refractivity contribution in [3.63, 3.8) is 0 Å². The summed E-state index contributed by atoms with van der Waals surface area (Å²) in [5.41, 5.74) is 0.0653. The zero-order valence-corrected chi connectivity index (χ0v) is 18.8. The van der Waals surface area contributed by atoms with E-state index in [0.717, 1.165) is 32.1 Å². The highest BCUT2D eigenvalue weighted by Crippen LogP contribution is 2.40. The van der Waals surface area contributed by atoms with E-state index in [0.29, 0.717) is 36.6 Å². The summed E-state index contributed by atoms with van der Waals surface area (Å²) >= 11 is 0. The second kappa shape index (κ2) is 8.01. The molecule has 1 spiro atoms. The van der Waals surface area contributed by atoms with Crippen LogP contribution in [0.1, 0.15) is 55.4 Å². The molecular formula is C22H31N3O5S. The summed E-state index contributed by atoms with van der Waals surface area (Å²) < 4.78 is 31.0. The van der Waals surface area contributed by atoms with Crippen LogP contribution >= 0.6 is 0 Å². The number of nitrogens with one attached hydrogen (secondary N) is 1. The van der Waals surface area contributed by atoms with Crippen molar-refractivity contribution in [2.75, 3.05) is 18.1 Å². The van der Waals surface area contributed by atoms with Crippen LogP contribution in [0.15, 0.2) is 22.7 Å². The molecule has 5 rings (SSSR count). The second-order valence-corrected chi connectivity index (χ2v) is 12.1. The van der Waals surface area contributed by atoms with Crippen molar-refractivity contribution in [2.24, 2.45) is 17.3 Å². The van der Waals surface area contributed by atoms with Gasteiger partial charge in [-0.15, -0.1) is 0 Å². The van der Waals surface area contributed by atoms with Gasteiger partial charge in [-0.2, -0.15) is 4.36 Å². The van der Waals surface area contributed by atoms with Crippen LogP contribution in [0, 0.1) is 5.92 Å². The number of amides is 2. The summed E-state index contributed by atoms with van der Waals surface area (Å²) in [6.45, 7) is 0.582. The summed E-state index contributed by atoms with van der Waals surface area (Å²) in [5, 5.41) is 3.24. The van der Waals surface area contributed by atoms with Crippen molar-refractivity contribution in [1.82, 2.24) is 9.88 Å². The molecule has 8 nitrogen and oxygen atoms in total. The number of hydrogen-bond donors (Lipinski definition) is 1. The van der Waals surface area contributed by atoms with E-state index in [-0.39, 0.29) is 35.7 Å². The molecule has 0 radical (unpaired) electrons. The highest BCUT2D eigenvalue weighted by atomic mass is 32.2. The third-order valence-corrected chi connectivity index (χ3v) is 9.63. The van der Waals surface area contributed by atoms with Crippen LogP contribution in [-0.2, 0) is 31.0 Å². The molecular weight excluding hydrogens is 418 g/mol. The Balaban J connectivity index is 1.20. The zero-order valence-electron chi connectivity index (χ0n) is 18.0. The Bertz CT molecular complexity index is 981. The summed E-state index contributed by atoms with van der Waals surface area (Å²) in [5.74, 6) is 0.367. The summed E-state index contributed by atoms with van der Waals surface area (Å²) in [4.78, 5) is 25.3. The van der Waals surface area contributed by atoms with Gasteiger partial charge in [0.05, 0.1) is 33.5 Å². The number of carbonyl (C=O) groups is 2. The number of aromatic nitrogens is 1. The third kappa shape index (κ3) is 4.19. The van der Waals surface area contributed by atoms with Crippen molar-refractivity contribution in [1.29, 1.82) is 0 Å². The Kier molecular flexibility index (Phi) is 5.46. The minimum Gasteiger partial charge on any atom is -0.375 e. The van der Waals surface area contributed by atoms with Crippen LogP contribution in [0.4, 0.5) is 0 Å². The largest absolute Gasteiger partial charge is 0.375 e. The fourth-order valence-electron chi connectivity index (χ4n) is 5.61. The maximum atomic E-state index is 13.2. The Morgan fingerprint density at radius 1 is 1.26 bits per heavy atom. The molecule has 0 aromatic carbocycles. The van der Waals surface area contributed by atoms with Crippen LogP contribution in [0.2, 0.25) is 0 Å². The van der Waals surface area contributed by atoms with Gasteiger partial charge in [0.25, 0.3) is 0 Å². The van der Waals surface area contributed by atoms with Gasteiger partial charge in [-0.1, -0.05) is 0 Å². The Morgan fingerprint density at radius 3 is 2.71 bits per heavy atom. The topological polar surface area (TPSA) is 99.0 Å². The van der Waals surface area contributed by atoms with Gasteiger partial charge in [-0.25, -0.2) is 4.21 Å². The van der Waals surface area contributed by atoms with Gasteiger partial charge in [0.2, 0.25) is 5.91 Å².